The van der Waals surface area contributed by atoms with E-state index in [1.807, 2.05) is 60.7 Å². The van der Waals surface area contributed by atoms with Crippen molar-refractivity contribution >= 4 is 87.2 Å². The maximum absolute atomic E-state index is 6.85. The minimum absolute atomic E-state index is 0.566. The molecular formula is C53H30N4O2. The van der Waals surface area contributed by atoms with Crippen molar-refractivity contribution in [2.24, 2.45) is 0 Å². The van der Waals surface area contributed by atoms with Crippen LogP contribution in [-0.4, -0.2) is 19.5 Å². The molecule has 0 atom stereocenters. The van der Waals surface area contributed by atoms with Crippen molar-refractivity contribution < 1.29 is 8.83 Å². The van der Waals surface area contributed by atoms with E-state index in [1.54, 1.807) is 0 Å². The molecule has 0 saturated heterocycles. The van der Waals surface area contributed by atoms with E-state index in [4.69, 9.17) is 23.8 Å². The van der Waals surface area contributed by atoms with Gasteiger partial charge in [-0.2, -0.15) is 0 Å². The zero-order valence-corrected chi connectivity index (χ0v) is 31.4. The molecule has 0 unspecified atom stereocenters. The predicted molar refractivity (Wildman–Crippen MR) is 240 cm³/mol. The van der Waals surface area contributed by atoms with Crippen LogP contribution in [0.25, 0.3) is 127 Å². The van der Waals surface area contributed by atoms with Crippen molar-refractivity contribution in [1.29, 1.82) is 0 Å². The molecule has 59 heavy (non-hydrogen) atoms. The van der Waals surface area contributed by atoms with Crippen LogP contribution < -0.4 is 0 Å². The minimum atomic E-state index is 0.566. The molecule has 0 aliphatic rings. The molecule has 0 amide bonds. The molecule has 4 heterocycles. The van der Waals surface area contributed by atoms with Gasteiger partial charge >= 0.3 is 0 Å². The van der Waals surface area contributed by atoms with Crippen LogP contribution in [0.3, 0.4) is 0 Å². The second-order valence-electron chi connectivity index (χ2n) is 15.2. The SMILES string of the molecule is c1ccc(-c2nc(-c3ccc4c(c3)oc3c5ccccc5c(-n5c6ccccc6c6cc7ccccc7cc65)cc43)nc(-c3ccc4oc5ccccc5c4c3)n2)cc1. The lowest BCUT2D eigenvalue weighted by molar-refractivity contribution is 0.669. The second kappa shape index (κ2) is 12.2. The predicted octanol–water partition coefficient (Wildman–Crippen LogP) is 14.1. The highest BCUT2D eigenvalue weighted by Gasteiger charge is 2.21. The number of nitrogens with zero attached hydrogens (tertiary/aromatic N) is 4. The molecule has 6 heteroatoms. The van der Waals surface area contributed by atoms with E-state index in [2.05, 4.69) is 126 Å². The number of hydrogen-bond donors (Lipinski definition) is 0. The Hall–Kier alpha value is -8.09. The number of benzene rings is 9. The fourth-order valence-electron chi connectivity index (χ4n) is 9.03. The van der Waals surface area contributed by atoms with Gasteiger partial charge in [-0.1, -0.05) is 121 Å². The summed E-state index contributed by atoms with van der Waals surface area (Å²) in [4.78, 5) is 15.2. The van der Waals surface area contributed by atoms with Gasteiger partial charge in [0.1, 0.15) is 22.3 Å². The minimum Gasteiger partial charge on any atom is -0.456 e. The molecule has 0 saturated carbocycles. The summed E-state index contributed by atoms with van der Waals surface area (Å²) in [5, 5.41) is 11.2. The van der Waals surface area contributed by atoms with Gasteiger partial charge in [0.05, 0.1) is 16.7 Å². The summed E-state index contributed by atoms with van der Waals surface area (Å²) in [7, 11) is 0. The summed E-state index contributed by atoms with van der Waals surface area (Å²) in [5.41, 5.74) is 9.37. The van der Waals surface area contributed by atoms with Crippen LogP contribution in [0.1, 0.15) is 0 Å². The Kier molecular flexibility index (Phi) is 6.63. The third-order valence-corrected chi connectivity index (χ3v) is 11.8. The normalized spacial score (nSPS) is 12.1. The fraction of sp³-hybridized carbons (Fsp3) is 0. The lowest BCUT2D eigenvalue weighted by Gasteiger charge is -2.13. The van der Waals surface area contributed by atoms with E-state index in [-0.39, 0.29) is 0 Å². The van der Waals surface area contributed by atoms with Crippen LogP contribution in [0, 0.1) is 0 Å². The first kappa shape index (κ1) is 32.0. The van der Waals surface area contributed by atoms with Crippen molar-refractivity contribution in [3.63, 3.8) is 0 Å². The number of furan rings is 2. The van der Waals surface area contributed by atoms with E-state index in [0.29, 0.717) is 17.5 Å². The highest BCUT2D eigenvalue weighted by molar-refractivity contribution is 6.20. The van der Waals surface area contributed by atoms with Gasteiger partial charge in [-0.05, 0) is 71.4 Å². The summed E-state index contributed by atoms with van der Waals surface area (Å²) in [6.45, 7) is 0. The van der Waals surface area contributed by atoms with Crippen LogP contribution in [0.4, 0.5) is 0 Å². The molecule has 4 aromatic heterocycles. The van der Waals surface area contributed by atoms with Crippen molar-refractivity contribution in [2.75, 3.05) is 0 Å². The highest BCUT2D eigenvalue weighted by Crippen LogP contribution is 2.42. The van der Waals surface area contributed by atoms with Crippen LogP contribution in [-0.2, 0) is 0 Å². The maximum atomic E-state index is 6.85. The van der Waals surface area contributed by atoms with E-state index >= 15 is 0 Å². The summed E-state index contributed by atoms with van der Waals surface area (Å²) in [6, 6.07) is 63.4. The largest absolute Gasteiger partial charge is 0.456 e. The Bertz CT molecular complexity index is 3860. The van der Waals surface area contributed by atoms with Gasteiger partial charge in [-0.3, -0.25) is 0 Å². The van der Waals surface area contributed by atoms with Crippen LogP contribution in [0.2, 0.25) is 0 Å². The van der Waals surface area contributed by atoms with Crippen molar-refractivity contribution in [3.8, 4) is 39.9 Å². The fourth-order valence-corrected chi connectivity index (χ4v) is 9.03. The van der Waals surface area contributed by atoms with E-state index in [1.165, 1.54) is 27.1 Å². The third kappa shape index (κ3) is 4.84. The van der Waals surface area contributed by atoms with Crippen LogP contribution in [0.15, 0.2) is 191 Å². The lowest BCUT2D eigenvalue weighted by Crippen LogP contribution is -2.00. The first-order valence-electron chi connectivity index (χ1n) is 19.8. The molecule has 0 N–H and O–H groups in total. The average molecular weight is 755 g/mol. The van der Waals surface area contributed by atoms with Gasteiger partial charge < -0.3 is 13.4 Å². The van der Waals surface area contributed by atoms with Gasteiger partial charge in [0.2, 0.25) is 0 Å². The first-order valence-corrected chi connectivity index (χ1v) is 19.8. The molecule has 0 spiro atoms. The maximum Gasteiger partial charge on any atom is 0.164 e. The summed E-state index contributed by atoms with van der Waals surface area (Å²) < 4.78 is 15.4. The van der Waals surface area contributed by atoms with Gasteiger partial charge in [0.15, 0.2) is 17.5 Å². The third-order valence-electron chi connectivity index (χ3n) is 11.8. The molecule has 0 aliphatic heterocycles. The van der Waals surface area contributed by atoms with Crippen LogP contribution in [0.5, 0.6) is 0 Å². The lowest BCUT2D eigenvalue weighted by atomic mass is 10.0. The van der Waals surface area contributed by atoms with Crippen molar-refractivity contribution in [3.05, 3.63) is 182 Å². The Labute approximate surface area is 336 Å². The molecule has 6 nitrogen and oxygen atoms in total. The molecular weight excluding hydrogens is 725 g/mol. The van der Waals surface area contributed by atoms with E-state index in [0.717, 1.165) is 82.5 Å². The highest BCUT2D eigenvalue weighted by atomic mass is 16.3. The number of rotatable bonds is 4. The van der Waals surface area contributed by atoms with Gasteiger partial charge in [0, 0.05) is 59.8 Å². The molecule has 13 rings (SSSR count). The van der Waals surface area contributed by atoms with Crippen molar-refractivity contribution in [1.82, 2.24) is 19.5 Å². The second-order valence-corrected chi connectivity index (χ2v) is 15.2. The topological polar surface area (TPSA) is 69.9 Å². The number of fused-ring (bicyclic) bond motifs is 12. The molecule has 0 aliphatic carbocycles. The van der Waals surface area contributed by atoms with Gasteiger partial charge in [-0.25, -0.2) is 15.0 Å². The molecule has 0 bridgehead atoms. The first-order chi connectivity index (χ1) is 29.2. The quantitative estimate of drug-likeness (QED) is 0.179. The molecule has 0 radical (unpaired) electrons. The summed E-state index contributed by atoms with van der Waals surface area (Å²) in [6.07, 6.45) is 0. The summed E-state index contributed by atoms with van der Waals surface area (Å²) in [5.74, 6) is 1.75. The van der Waals surface area contributed by atoms with Gasteiger partial charge in [-0.15, -0.1) is 0 Å². The average Bonchev–Trinajstić information content (AvgIpc) is 3.97. The zero-order valence-electron chi connectivity index (χ0n) is 31.4. The Morgan fingerprint density at radius 3 is 1.76 bits per heavy atom. The number of para-hydroxylation sites is 2. The van der Waals surface area contributed by atoms with E-state index in [9.17, 15) is 0 Å². The number of hydrogen-bond acceptors (Lipinski definition) is 5. The Balaban J connectivity index is 1.02. The zero-order chi connectivity index (χ0) is 38.6. The standard InChI is InChI=1S/C53H30N4O2/c1-2-12-31(13-3-1)51-54-52(34-23-25-48-42(27-34)38-18-9-11-21-47(38)58-48)56-53(55-51)35-22-24-39-43-30-46(36-16-6-7-19-40(36)50(43)59-49(39)29-35)57-44-20-10-8-17-37(44)41-26-32-14-4-5-15-33(32)28-45(41)57/h1-30H. The number of aromatic nitrogens is 4. The van der Waals surface area contributed by atoms with E-state index < -0.39 is 0 Å². The Morgan fingerprint density at radius 2 is 0.932 bits per heavy atom. The molecule has 13 aromatic rings. The Morgan fingerprint density at radius 1 is 0.322 bits per heavy atom. The van der Waals surface area contributed by atoms with Crippen LogP contribution >= 0.6 is 0 Å². The van der Waals surface area contributed by atoms with Crippen molar-refractivity contribution in [2.45, 2.75) is 0 Å². The summed E-state index contributed by atoms with van der Waals surface area (Å²) >= 11 is 0. The monoisotopic (exact) mass is 754 g/mol. The smallest absolute Gasteiger partial charge is 0.164 e. The molecule has 274 valence electrons. The van der Waals surface area contributed by atoms with Gasteiger partial charge in [0.25, 0.3) is 0 Å². The molecule has 0 fully saturated rings. The molecule has 9 aromatic carbocycles.